The van der Waals surface area contributed by atoms with E-state index in [2.05, 4.69) is 67.6 Å². The molecule has 1 aliphatic carbocycles. The molecule has 1 fully saturated rings. The zero-order valence-electron chi connectivity index (χ0n) is 14.8. The van der Waals surface area contributed by atoms with Gasteiger partial charge in [-0.05, 0) is 78.3 Å². The summed E-state index contributed by atoms with van der Waals surface area (Å²) in [4.78, 5) is 0. The van der Waals surface area contributed by atoms with Gasteiger partial charge in [-0.2, -0.15) is 0 Å². The van der Waals surface area contributed by atoms with Crippen LogP contribution in [0, 0.1) is 0 Å². The van der Waals surface area contributed by atoms with E-state index in [-0.39, 0.29) is 0 Å². The molecule has 0 spiro atoms. The van der Waals surface area contributed by atoms with Crippen molar-refractivity contribution in [2.24, 2.45) is 0 Å². The molecule has 22 heavy (non-hydrogen) atoms. The van der Waals surface area contributed by atoms with Gasteiger partial charge in [0.2, 0.25) is 0 Å². The number of benzene rings is 1. The minimum absolute atomic E-state index is 0.434. The SMILES string of the molecule is CC(C)c1ccc2c(ccn2C2CCCC(S(C)(C)C)C2)c1. The number of fused-ring (bicyclic) bond motifs is 1. The number of aromatic nitrogens is 1. The van der Waals surface area contributed by atoms with Crippen LogP contribution >= 0.6 is 10.0 Å². The molecule has 1 aromatic heterocycles. The second-order valence-electron chi connectivity index (χ2n) is 8.07. The highest BCUT2D eigenvalue weighted by Crippen LogP contribution is 2.50. The summed E-state index contributed by atoms with van der Waals surface area (Å²) >= 11 is 0. The summed E-state index contributed by atoms with van der Waals surface area (Å²) in [5.74, 6) is 0.608. The van der Waals surface area contributed by atoms with E-state index in [1.807, 2.05) is 0 Å². The number of nitrogens with zero attached hydrogens (tertiary/aromatic N) is 1. The average molecular weight is 318 g/mol. The van der Waals surface area contributed by atoms with Gasteiger partial charge in [0.05, 0.1) is 0 Å². The zero-order valence-corrected chi connectivity index (χ0v) is 15.6. The number of hydrogen-bond acceptors (Lipinski definition) is 0. The molecular weight excluding hydrogens is 286 g/mol. The molecule has 1 saturated carbocycles. The molecule has 1 nitrogen and oxygen atoms in total. The third-order valence-corrected chi connectivity index (χ3v) is 7.83. The van der Waals surface area contributed by atoms with Gasteiger partial charge in [0.1, 0.15) is 0 Å². The Morgan fingerprint density at radius 3 is 2.55 bits per heavy atom. The Kier molecular flexibility index (Phi) is 4.33. The summed E-state index contributed by atoms with van der Waals surface area (Å²) in [6.45, 7) is 4.55. The molecule has 2 atom stereocenters. The maximum absolute atomic E-state index is 2.57. The van der Waals surface area contributed by atoms with Gasteiger partial charge in [-0.3, -0.25) is 0 Å². The van der Waals surface area contributed by atoms with E-state index in [9.17, 15) is 0 Å². The summed E-state index contributed by atoms with van der Waals surface area (Å²) in [7, 11) is -0.434. The van der Waals surface area contributed by atoms with Gasteiger partial charge in [0.15, 0.2) is 0 Å². The Morgan fingerprint density at radius 1 is 1.09 bits per heavy atom. The number of rotatable bonds is 3. The predicted octanol–water partition coefficient (Wildman–Crippen LogP) is 5.94. The minimum Gasteiger partial charge on any atom is -0.344 e. The highest BCUT2D eigenvalue weighted by molar-refractivity contribution is 8.32. The molecule has 0 N–H and O–H groups in total. The maximum atomic E-state index is 2.57. The monoisotopic (exact) mass is 317 g/mol. The van der Waals surface area contributed by atoms with Crippen LogP contribution in [0.5, 0.6) is 0 Å². The standard InChI is InChI=1S/C20H31NS/c1-15(2)16-9-10-20-17(13-16)11-12-21(20)18-7-6-8-19(14-18)22(3,4)5/h9-13,15,18-19H,6-8,14H2,1-5H3. The van der Waals surface area contributed by atoms with Crippen molar-refractivity contribution < 1.29 is 0 Å². The predicted molar refractivity (Wildman–Crippen MR) is 103 cm³/mol. The van der Waals surface area contributed by atoms with Crippen LogP contribution < -0.4 is 0 Å². The van der Waals surface area contributed by atoms with Gasteiger partial charge in [-0.25, -0.2) is 10.0 Å². The molecule has 2 heteroatoms. The van der Waals surface area contributed by atoms with Crippen LogP contribution in [0.25, 0.3) is 10.9 Å². The Morgan fingerprint density at radius 2 is 1.86 bits per heavy atom. The lowest BCUT2D eigenvalue weighted by molar-refractivity contribution is 0.367. The lowest BCUT2D eigenvalue weighted by Gasteiger charge is -2.42. The summed E-state index contributed by atoms with van der Waals surface area (Å²) in [5.41, 5.74) is 2.88. The van der Waals surface area contributed by atoms with E-state index in [0.717, 1.165) is 5.25 Å². The lowest BCUT2D eigenvalue weighted by atomic mass is 9.94. The summed E-state index contributed by atoms with van der Waals surface area (Å²) in [6, 6.07) is 10.1. The molecular formula is C20H31NS. The Balaban J connectivity index is 1.90. The number of hydrogen-bond donors (Lipinski definition) is 0. The van der Waals surface area contributed by atoms with E-state index in [1.165, 1.54) is 42.1 Å². The summed E-state index contributed by atoms with van der Waals surface area (Å²) in [6.07, 6.45) is 15.3. The van der Waals surface area contributed by atoms with Gasteiger partial charge >= 0.3 is 0 Å². The fourth-order valence-corrected chi connectivity index (χ4v) is 5.55. The fourth-order valence-electron chi connectivity index (χ4n) is 3.88. The van der Waals surface area contributed by atoms with Crippen LogP contribution in [0.15, 0.2) is 30.5 Å². The first-order chi connectivity index (χ1) is 10.4. The topological polar surface area (TPSA) is 4.93 Å². The van der Waals surface area contributed by atoms with Gasteiger partial charge in [-0.1, -0.05) is 26.3 Å². The van der Waals surface area contributed by atoms with Crippen molar-refractivity contribution in [1.82, 2.24) is 4.57 Å². The van der Waals surface area contributed by atoms with Crippen molar-refractivity contribution >= 4 is 20.9 Å². The van der Waals surface area contributed by atoms with Crippen LogP contribution in [0.1, 0.15) is 57.1 Å². The van der Waals surface area contributed by atoms with Crippen LogP contribution in [0.4, 0.5) is 0 Å². The first kappa shape index (κ1) is 16.0. The van der Waals surface area contributed by atoms with Crippen LogP contribution in [0.3, 0.4) is 0 Å². The molecule has 1 aliphatic rings. The zero-order chi connectivity index (χ0) is 15.9. The van der Waals surface area contributed by atoms with E-state index < -0.39 is 10.0 Å². The van der Waals surface area contributed by atoms with Crippen LogP contribution in [0.2, 0.25) is 0 Å². The second kappa shape index (κ2) is 5.96. The summed E-state index contributed by atoms with van der Waals surface area (Å²) in [5, 5.41) is 2.34. The molecule has 0 amide bonds. The molecule has 1 aromatic carbocycles. The van der Waals surface area contributed by atoms with Crippen LogP contribution in [-0.4, -0.2) is 28.6 Å². The Labute approximate surface area is 137 Å². The highest BCUT2D eigenvalue weighted by atomic mass is 32.3. The van der Waals surface area contributed by atoms with Gasteiger partial charge in [-0.15, -0.1) is 0 Å². The smallest absolute Gasteiger partial charge is 0.0483 e. The fraction of sp³-hybridized carbons (Fsp3) is 0.600. The molecule has 0 radical (unpaired) electrons. The van der Waals surface area contributed by atoms with E-state index in [0.29, 0.717) is 12.0 Å². The molecule has 2 aromatic rings. The first-order valence-electron chi connectivity index (χ1n) is 8.64. The van der Waals surface area contributed by atoms with Gasteiger partial charge < -0.3 is 4.57 Å². The first-order valence-corrected chi connectivity index (χ1v) is 11.6. The molecule has 0 aliphatic heterocycles. The van der Waals surface area contributed by atoms with Crippen molar-refractivity contribution in [1.29, 1.82) is 0 Å². The largest absolute Gasteiger partial charge is 0.344 e. The third-order valence-electron chi connectivity index (χ3n) is 5.40. The van der Waals surface area contributed by atoms with Gasteiger partial charge in [0, 0.05) is 17.8 Å². The average Bonchev–Trinajstić information content (AvgIpc) is 2.89. The van der Waals surface area contributed by atoms with Crippen molar-refractivity contribution in [2.45, 2.75) is 56.7 Å². The third kappa shape index (κ3) is 3.08. The van der Waals surface area contributed by atoms with Crippen molar-refractivity contribution in [3.05, 3.63) is 36.0 Å². The lowest BCUT2D eigenvalue weighted by Crippen LogP contribution is -2.26. The molecule has 2 unspecified atom stereocenters. The highest BCUT2D eigenvalue weighted by Gasteiger charge is 2.29. The molecule has 0 saturated heterocycles. The van der Waals surface area contributed by atoms with Crippen molar-refractivity contribution in [3.63, 3.8) is 0 Å². The molecule has 0 bridgehead atoms. The van der Waals surface area contributed by atoms with Crippen molar-refractivity contribution in [3.8, 4) is 0 Å². The Bertz CT molecular complexity index is 647. The Hall–Kier alpha value is -0.890. The maximum Gasteiger partial charge on any atom is 0.0483 e. The minimum atomic E-state index is -0.434. The van der Waals surface area contributed by atoms with Crippen LogP contribution in [-0.2, 0) is 0 Å². The van der Waals surface area contributed by atoms with E-state index in [1.54, 1.807) is 0 Å². The van der Waals surface area contributed by atoms with Gasteiger partial charge in [0.25, 0.3) is 0 Å². The van der Waals surface area contributed by atoms with Crippen molar-refractivity contribution in [2.75, 3.05) is 18.8 Å². The quantitative estimate of drug-likeness (QED) is 0.660. The molecule has 122 valence electrons. The van der Waals surface area contributed by atoms with E-state index in [4.69, 9.17) is 0 Å². The second-order valence-corrected chi connectivity index (χ2v) is 12.6. The molecule has 3 rings (SSSR count). The van der Waals surface area contributed by atoms with E-state index >= 15 is 0 Å². The summed E-state index contributed by atoms with van der Waals surface area (Å²) < 4.78 is 2.57. The molecule has 1 heterocycles. The normalized spacial score (nSPS) is 24.1.